The number of ether oxygens (including phenoxy) is 1. The highest BCUT2D eigenvalue weighted by atomic mass is 19.4. The molecular weight excluding hydrogens is 297 g/mol. The average Bonchev–Trinajstić information content (AvgIpc) is 2.41. The molecule has 22 heavy (non-hydrogen) atoms. The molecule has 1 saturated heterocycles. The topological polar surface area (TPSA) is 48.9 Å². The van der Waals surface area contributed by atoms with Gasteiger partial charge in [-0.1, -0.05) is 13.8 Å². The highest BCUT2D eigenvalue weighted by Crippen LogP contribution is 2.18. The van der Waals surface area contributed by atoms with E-state index in [1.807, 2.05) is 0 Å². The van der Waals surface area contributed by atoms with Gasteiger partial charge in [0.25, 0.3) is 0 Å². The Morgan fingerprint density at radius 3 is 2.68 bits per heavy atom. The smallest absolute Gasteiger partial charge is 0.374 e. The molecule has 1 aliphatic rings. The van der Waals surface area contributed by atoms with Crippen molar-refractivity contribution in [2.75, 3.05) is 46.4 Å². The lowest BCUT2D eigenvalue weighted by atomic mass is 10.2. The van der Waals surface area contributed by atoms with Crippen LogP contribution in [0.1, 0.15) is 20.3 Å². The van der Waals surface area contributed by atoms with E-state index in [0.29, 0.717) is 25.0 Å². The maximum absolute atomic E-state index is 12.1. The summed E-state index contributed by atoms with van der Waals surface area (Å²) in [6, 6.07) is 0. The Balaban J connectivity index is 2.27. The van der Waals surface area contributed by atoms with Crippen molar-refractivity contribution in [3.63, 3.8) is 0 Å². The molecule has 1 atom stereocenters. The Morgan fingerprint density at radius 2 is 2.09 bits per heavy atom. The second kappa shape index (κ2) is 9.19. The molecule has 0 amide bonds. The molecule has 0 aromatic rings. The van der Waals surface area contributed by atoms with Gasteiger partial charge in [-0.25, -0.2) is 0 Å². The number of rotatable bonds is 6. The molecule has 1 aliphatic heterocycles. The van der Waals surface area contributed by atoms with E-state index in [9.17, 15) is 13.2 Å². The van der Waals surface area contributed by atoms with Crippen LogP contribution in [0.5, 0.6) is 0 Å². The van der Waals surface area contributed by atoms with Gasteiger partial charge in [0.05, 0.1) is 19.1 Å². The number of alkyl halides is 3. The number of aliphatic imine (C=N–C) groups is 1. The van der Waals surface area contributed by atoms with Gasteiger partial charge in [0.1, 0.15) is 0 Å². The van der Waals surface area contributed by atoms with Crippen LogP contribution in [0, 0.1) is 5.92 Å². The van der Waals surface area contributed by atoms with Crippen molar-refractivity contribution in [3.05, 3.63) is 0 Å². The molecule has 5 nitrogen and oxygen atoms in total. The first-order valence-electron chi connectivity index (χ1n) is 7.65. The zero-order chi connectivity index (χ0) is 16.6. The van der Waals surface area contributed by atoms with Crippen LogP contribution in [-0.4, -0.2) is 69.5 Å². The lowest BCUT2D eigenvalue weighted by Gasteiger charge is -2.34. The number of hydrogen-bond donors (Lipinski definition) is 2. The molecule has 0 unspecified atom stereocenters. The zero-order valence-corrected chi connectivity index (χ0v) is 13.5. The maximum Gasteiger partial charge on any atom is 0.390 e. The first kappa shape index (κ1) is 19.0. The Labute approximate surface area is 130 Å². The minimum Gasteiger partial charge on any atom is -0.374 e. The lowest BCUT2D eigenvalue weighted by Crippen LogP contribution is -2.50. The van der Waals surface area contributed by atoms with Crippen LogP contribution in [-0.2, 0) is 4.74 Å². The molecule has 0 radical (unpaired) electrons. The van der Waals surface area contributed by atoms with Gasteiger partial charge >= 0.3 is 6.18 Å². The van der Waals surface area contributed by atoms with Crippen molar-refractivity contribution in [3.8, 4) is 0 Å². The Morgan fingerprint density at radius 1 is 1.36 bits per heavy atom. The molecule has 1 fully saturated rings. The second-order valence-electron chi connectivity index (χ2n) is 5.89. The molecule has 1 heterocycles. The third-order valence-electron chi connectivity index (χ3n) is 3.27. The van der Waals surface area contributed by atoms with E-state index in [4.69, 9.17) is 4.74 Å². The highest BCUT2D eigenvalue weighted by Gasteiger charge is 2.26. The minimum absolute atomic E-state index is 0.0219. The van der Waals surface area contributed by atoms with Crippen molar-refractivity contribution in [1.29, 1.82) is 0 Å². The minimum atomic E-state index is -4.16. The van der Waals surface area contributed by atoms with Gasteiger partial charge in [-0.05, 0) is 5.92 Å². The number of hydrogen-bond acceptors (Lipinski definition) is 3. The fraction of sp³-hybridized carbons (Fsp3) is 0.929. The first-order chi connectivity index (χ1) is 10.3. The fourth-order valence-corrected chi connectivity index (χ4v) is 2.34. The first-order valence-corrected chi connectivity index (χ1v) is 7.65. The molecule has 0 aromatic carbocycles. The van der Waals surface area contributed by atoms with Gasteiger partial charge in [0, 0.05) is 39.8 Å². The maximum atomic E-state index is 12.1. The van der Waals surface area contributed by atoms with E-state index < -0.39 is 12.6 Å². The quantitative estimate of drug-likeness (QED) is 0.574. The highest BCUT2D eigenvalue weighted by molar-refractivity contribution is 5.79. The summed E-state index contributed by atoms with van der Waals surface area (Å²) in [6.07, 6.45) is -5.01. The van der Waals surface area contributed by atoms with Crippen LogP contribution < -0.4 is 10.6 Å². The van der Waals surface area contributed by atoms with E-state index in [2.05, 4.69) is 34.4 Å². The van der Waals surface area contributed by atoms with Gasteiger partial charge in [-0.3, -0.25) is 9.89 Å². The molecule has 8 heteroatoms. The van der Waals surface area contributed by atoms with Crippen molar-refractivity contribution >= 4 is 5.96 Å². The molecule has 2 N–H and O–H groups in total. The lowest BCUT2D eigenvalue weighted by molar-refractivity contribution is -0.132. The van der Waals surface area contributed by atoms with Gasteiger partial charge in [0.2, 0.25) is 0 Å². The monoisotopic (exact) mass is 324 g/mol. The summed E-state index contributed by atoms with van der Waals surface area (Å²) < 4.78 is 42.0. The summed E-state index contributed by atoms with van der Waals surface area (Å²) in [7, 11) is 1.54. The number of nitrogens with zero attached hydrogens (tertiary/aromatic N) is 2. The van der Waals surface area contributed by atoms with Crippen LogP contribution in [0.3, 0.4) is 0 Å². The Hall–Kier alpha value is -1.02. The normalized spacial score (nSPS) is 21.2. The predicted molar refractivity (Wildman–Crippen MR) is 81.1 cm³/mol. The summed E-state index contributed by atoms with van der Waals surface area (Å²) in [5, 5.41) is 5.68. The SMILES string of the molecule is CN=C(NCCC(F)(F)F)NC[C@H]1CN(CC(C)C)CCO1. The predicted octanol–water partition coefficient (Wildman–Crippen LogP) is 1.46. The average molecular weight is 324 g/mol. The van der Waals surface area contributed by atoms with E-state index in [-0.39, 0.29) is 12.6 Å². The van der Waals surface area contributed by atoms with Crippen LogP contribution >= 0.6 is 0 Å². The molecule has 0 saturated carbocycles. The van der Waals surface area contributed by atoms with Gasteiger partial charge in [0.15, 0.2) is 5.96 Å². The van der Waals surface area contributed by atoms with Crippen molar-refractivity contribution < 1.29 is 17.9 Å². The van der Waals surface area contributed by atoms with E-state index in [0.717, 1.165) is 19.6 Å². The third-order valence-corrected chi connectivity index (χ3v) is 3.27. The van der Waals surface area contributed by atoms with Crippen molar-refractivity contribution in [1.82, 2.24) is 15.5 Å². The number of nitrogens with one attached hydrogen (secondary N) is 2. The molecular formula is C14H27F3N4O. The fourth-order valence-electron chi connectivity index (χ4n) is 2.34. The van der Waals surface area contributed by atoms with Crippen LogP contribution in [0.2, 0.25) is 0 Å². The van der Waals surface area contributed by atoms with Crippen molar-refractivity contribution in [2.45, 2.75) is 32.5 Å². The molecule has 0 aliphatic carbocycles. The van der Waals surface area contributed by atoms with E-state index >= 15 is 0 Å². The Bertz CT molecular complexity index is 347. The molecule has 0 bridgehead atoms. The number of halogens is 3. The summed E-state index contributed by atoms with van der Waals surface area (Å²) in [5.74, 6) is 0.970. The molecule has 130 valence electrons. The molecule has 1 rings (SSSR count). The summed E-state index contributed by atoms with van der Waals surface area (Å²) in [5.41, 5.74) is 0. The van der Waals surface area contributed by atoms with Crippen LogP contribution in [0.15, 0.2) is 4.99 Å². The van der Waals surface area contributed by atoms with Crippen molar-refractivity contribution in [2.24, 2.45) is 10.9 Å². The van der Waals surface area contributed by atoms with E-state index in [1.165, 1.54) is 7.05 Å². The van der Waals surface area contributed by atoms with Crippen LogP contribution in [0.4, 0.5) is 13.2 Å². The van der Waals surface area contributed by atoms with Gasteiger partial charge in [-0.2, -0.15) is 13.2 Å². The van der Waals surface area contributed by atoms with E-state index in [1.54, 1.807) is 0 Å². The summed E-state index contributed by atoms with van der Waals surface area (Å²) in [4.78, 5) is 6.26. The number of morpholine rings is 1. The van der Waals surface area contributed by atoms with Gasteiger partial charge < -0.3 is 15.4 Å². The molecule has 0 aromatic heterocycles. The second-order valence-corrected chi connectivity index (χ2v) is 5.89. The summed E-state index contributed by atoms with van der Waals surface area (Å²) in [6.45, 7) is 8.15. The van der Waals surface area contributed by atoms with Gasteiger partial charge in [-0.15, -0.1) is 0 Å². The summed E-state index contributed by atoms with van der Waals surface area (Å²) >= 11 is 0. The largest absolute Gasteiger partial charge is 0.390 e. The van der Waals surface area contributed by atoms with Crippen LogP contribution in [0.25, 0.3) is 0 Å². The number of guanidine groups is 1. The standard InChI is InChI=1S/C14H27F3N4O/c1-11(2)9-21-6-7-22-12(10-21)8-20-13(18-3)19-5-4-14(15,16)17/h11-12H,4-10H2,1-3H3,(H2,18,19,20)/t12-/m0/s1. The Kier molecular flexibility index (Phi) is 7.95. The zero-order valence-electron chi connectivity index (χ0n) is 13.5. The molecule has 0 spiro atoms. The third kappa shape index (κ3) is 8.43.